The topological polar surface area (TPSA) is 69.6 Å². The van der Waals surface area contributed by atoms with Gasteiger partial charge < -0.3 is 15.5 Å². The Labute approximate surface area is 269 Å². The van der Waals surface area contributed by atoms with Crippen LogP contribution >= 0.6 is 0 Å². The minimum atomic E-state index is -0.836. The van der Waals surface area contributed by atoms with E-state index < -0.39 is 12.1 Å². The summed E-state index contributed by atoms with van der Waals surface area (Å²) in [5, 5.41) is 22.8. The Bertz CT molecular complexity index is 618. The molecule has 0 aromatic carbocycles. The molecule has 43 heavy (non-hydrogen) atoms. The number of amides is 1. The Morgan fingerprint density at radius 3 is 1.28 bits per heavy atom. The number of nitrogens with one attached hydrogen (secondary N) is 1. The molecule has 0 heterocycles. The number of hydrogen-bond acceptors (Lipinski definition) is 3. The van der Waals surface area contributed by atoms with Crippen LogP contribution in [-0.4, -0.2) is 34.9 Å². The lowest BCUT2D eigenvalue weighted by Crippen LogP contribution is -2.45. The van der Waals surface area contributed by atoms with E-state index in [1.165, 1.54) is 154 Å². The Balaban J connectivity index is 3.56. The summed E-state index contributed by atoms with van der Waals surface area (Å²) >= 11 is 0. The number of rotatable bonds is 34. The van der Waals surface area contributed by atoms with Crippen LogP contribution in [0.3, 0.4) is 0 Å². The van der Waals surface area contributed by atoms with Crippen LogP contribution in [0.2, 0.25) is 0 Å². The van der Waals surface area contributed by atoms with Crippen molar-refractivity contribution in [2.24, 2.45) is 0 Å². The third-order valence-corrected chi connectivity index (χ3v) is 8.68. The zero-order valence-corrected chi connectivity index (χ0v) is 29.0. The summed E-state index contributed by atoms with van der Waals surface area (Å²) in [4.78, 5) is 12.3. The van der Waals surface area contributed by atoms with Gasteiger partial charge in [0.15, 0.2) is 0 Å². The van der Waals surface area contributed by atoms with Crippen LogP contribution < -0.4 is 5.32 Å². The molecule has 0 saturated carbocycles. The summed E-state index contributed by atoms with van der Waals surface area (Å²) in [5.74, 6) is -0.0702. The van der Waals surface area contributed by atoms with Gasteiger partial charge in [-0.2, -0.15) is 0 Å². The lowest BCUT2D eigenvalue weighted by atomic mass is 10.1. The molecule has 0 aliphatic heterocycles. The van der Waals surface area contributed by atoms with E-state index in [0.29, 0.717) is 6.42 Å². The highest BCUT2D eigenvalue weighted by Crippen LogP contribution is 2.13. The van der Waals surface area contributed by atoms with E-state index in [1.54, 1.807) is 6.08 Å². The molecule has 0 aromatic rings. The molecule has 0 saturated heterocycles. The van der Waals surface area contributed by atoms with Gasteiger partial charge in [0.1, 0.15) is 0 Å². The average molecular weight is 606 g/mol. The first kappa shape index (κ1) is 41.9. The number of hydrogen-bond donors (Lipinski definition) is 3. The van der Waals surface area contributed by atoms with Crippen molar-refractivity contribution in [1.82, 2.24) is 5.32 Å². The number of carbonyl (C=O) groups is 1. The molecule has 254 valence electrons. The van der Waals surface area contributed by atoms with Gasteiger partial charge in [-0.15, -0.1) is 0 Å². The van der Waals surface area contributed by atoms with Gasteiger partial charge in [-0.05, 0) is 44.9 Å². The van der Waals surface area contributed by atoms with Gasteiger partial charge in [-0.25, -0.2) is 0 Å². The van der Waals surface area contributed by atoms with Crippen LogP contribution in [0.5, 0.6) is 0 Å². The first-order chi connectivity index (χ1) is 21.2. The third-order valence-electron chi connectivity index (χ3n) is 8.68. The van der Waals surface area contributed by atoms with Gasteiger partial charge in [0.25, 0.3) is 0 Å². The highest BCUT2D eigenvalue weighted by Gasteiger charge is 2.17. The minimum Gasteiger partial charge on any atom is -0.394 e. The van der Waals surface area contributed by atoms with E-state index in [-0.39, 0.29) is 12.5 Å². The highest BCUT2D eigenvalue weighted by molar-refractivity contribution is 5.76. The molecule has 0 aliphatic rings. The molecule has 1 amide bonds. The Morgan fingerprint density at radius 2 is 0.884 bits per heavy atom. The molecule has 0 aliphatic carbocycles. The van der Waals surface area contributed by atoms with Crippen molar-refractivity contribution in [2.45, 2.75) is 212 Å². The molecule has 4 nitrogen and oxygen atoms in total. The fraction of sp³-hybridized carbons (Fsp3) is 0.872. The normalized spacial score (nSPS) is 13.3. The molecule has 4 heteroatoms. The summed E-state index contributed by atoms with van der Waals surface area (Å²) in [5.41, 5.74) is 0. The summed E-state index contributed by atoms with van der Waals surface area (Å²) in [6.45, 7) is 4.28. The minimum absolute atomic E-state index is 0.0702. The van der Waals surface area contributed by atoms with Gasteiger partial charge in [-0.1, -0.05) is 173 Å². The standard InChI is InChI=1S/C39H75NO3/c1-3-5-7-9-11-13-15-16-17-18-19-20-21-22-23-24-25-27-29-31-33-35-39(43)40-37(36-41)38(42)34-32-30-28-26-14-12-10-8-6-4-2/h20-21,32,34,37-38,41-42H,3-19,22-31,33,35-36H2,1-2H3,(H,40,43)/b21-20-,34-32+. The van der Waals surface area contributed by atoms with E-state index >= 15 is 0 Å². The molecule has 3 N–H and O–H groups in total. The molecule has 0 aromatic heterocycles. The fourth-order valence-corrected chi connectivity index (χ4v) is 5.70. The van der Waals surface area contributed by atoms with E-state index in [4.69, 9.17) is 0 Å². The molecule has 2 atom stereocenters. The summed E-state index contributed by atoms with van der Waals surface area (Å²) in [7, 11) is 0. The molecular weight excluding hydrogens is 530 g/mol. The Kier molecular flexibility index (Phi) is 34.4. The number of carbonyl (C=O) groups excluding carboxylic acids is 1. The second-order valence-corrected chi connectivity index (χ2v) is 13.0. The first-order valence-corrected chi connectivity index (χ1v) is 19.1. The smallest absolute Gasteiger partial charge is 0.220 e. The quantitative estimate of drug-likeness (QED) is 0.0505. The van der Waals surface area contributed by atoms with Crippen molar-refractivity contribution < 1.29 is 15.0 Å². The maximum Gasteiger partial charge on any atom is 0.220 e. The Morgan fingerprint density at radius 1 is 0.535 bits per heavy atom. The van der Waals surface area contributed by atoms with Crippen LogP contribution in [0.25, 0.3) is 0 Å². The molecular formula is C39H75NO3. The number of aliphatic hydroxyl groups is 2. The van der Waals surface area contributed by atoms with Crippen molar-refractivity contribution in [3.05, 3.63) is 24.3 Å². The van der Waals surface area contributed by atoms with Gasteiger partial charge >= 0.3 is 0 Å². The maximum atomic E-state index is 12.3. The molecule has 0 rings (SSSR count). The Hall–Kier alpha value is -1.13. The lowest BCUT2D eigenvalue weighted by Gasteiger charge is -2.20. The number of aliphatic hydroxyl groups excluding tert-OH is 2. The molecule has 0 spiro atoms. The molecule has 0 radical (unpaired) electrons. The average Bonchev–Trinajstić information content (AvgIpc) is 3.01. The van der Waals surface area contributed by atoms with E-state index in [0.717, 1.165) is 25.7 Å². The van der Waals surface area contributed by atoms with Gasteiger partial charge in [0.05, 0.1) is 18.8 Å². The zero-order chi connectivity index (χ0) is 31.5. The molecule has 2 unspecified atom stereocenters. The van der Waals surface area contributed by atoms with Gasteiger partial charge in [-0.3, -0.25) is 4.79 Å². The monoisotopic (exact) mass is 606 g/mol. The van der Waals surface area contributed by atoms with Crippen molar-refractivity contribution in [3.8, 4) is 0 Å². The first-order valence-electron chi connectivity index (χ1n) is 19.1. The molecule has 0 fully saturated rings. The van der Waals surface area contributed by atoms with Crippen molar-refractivity contribution in [2.75, 3.05) is 6.61 Å². The number of unbranched alkanes of at least 4 members (excludes halogenated alkanes) is 25. The summed E-state index contributed by atoms with van der Waals surface area (Å²) in [6, 6.07) is -0.619. The van der Waals surface area contributed by atoms with Crippen molar-refractivity contribution >= 4 is 5.91 Å². The predicted octanol–water partition coefficient (Wildman–Crippen LogP) is 11.3. The SMILES string of the molecule is CCCCCCCCCC/C=C/C(O)C(CO)NC(=O)CCCCCCCCC/C=C\CCCCCCCCCCCC. The second kappa shape index (κ2) is 35.4. The third kappa shape index (κ3) is 32.1. The predicted molar refractivity (Wildman–Crippen MR) is 189 cm³/mol. The van der Waals surface area contributed by atoms with E-state index in [9.17, 15) is 15.0 Å². The maximum absolute atomic E-state index is 12.3. The fourth-order valence-electron chi connectivity index (χ4n) is 5.70. The molecule has 0 bridgehead atoms. The highest BCUT2D eigenvalue weighted by atomic mass is 16.3. The van der Waals surface area contributed by atoms with Crippen LogP contribution in [0.1, 0.15) is 200 Å². The van der Waals surface area contributed by atoms with Gasteiger partial charge in [0.2, 0.25) is 5.91 Å². The van der Waals surface area contributed by atoms with Crippen LogP contribution in [0.4, 0.5) is 0 Å². The van der Waals surface area contributed by atoms with Crippen LogP contribution in [0.15, 0.2) is 24.3 Å². The van der Waals surface area contributed by atoms with E-state index in [1.807, 2.05) is 6.08 Å². The second-order valence-electron chi connectivity index (χ2n) is 13.0. The van der Waals surface area contributed by atoms with Crippen molar-refractivity contribution in [1.29, 1.82) is 0 Å². The van der Waals surface area contributed by atoms with Gasteiger partial charge in [0, 0.05) is 6.42 Å². The van der Waals surface area contributed by atoms with Crippen molar-refractivity contribution in [3.63, 3.8) is 0 Å². The number of allylic oxidation sites excluding steroid dienone is 3. The summed E-state index contributed by atoms with van der Waals surface area (Å²) < 4.78 is 0. The van der Waals surface area contributed by atoms with Crippen LogP contribution in [0, 0.1) is 0 Å². The largest absolute Gasteiger partial charge is 0.394 e. The van der Waals surface area contributed by atoms with Crippen LogP contribution in [-0.2, 0) is 4.79 Å². The summed E-state index contributed by atoms with van der Waals surface area (Å²) in [6.07, 6.45) is 44.1. The zero-order valence-electron chi connectivity index (χ0n) is 29.0. The van der Waals surface area contributed by atoms with E-state index in [2.05, 4.69) is 31.3 Å². The lowest BCUT2D eigenvalue weighted by molar-refractivity contribution is -0.123.